The summed E-state index contributed by atoms with van der Waals surface area (Å²) in [6.45, 7) is 0. The fraction of sp³-hybridized carbons (Fsp3) is 0.700. The van der Waals surface area contributed by atoms with E-state index >= 15 is 0 Å². The molecule has 0 aliphatic heterocycles. The quantitative estimate of drug-likeness (QED) is 0.746. The number of hydrogen-bond acceptors (Lipinski definition) is 4. The van der Waals surface area contributed by atoms with Crippen LogP contribution in [0, 0.1) is 17.8 Å². The van der Waals surface area contributed by atoms with Crippen LogP contribution in [-0.2, 0) is 10.8 Å². The molecule has 2 aromatic rings. The van der Waals surface area contributed by atoms with Crippen LogP contribution >= 0.6 is 0 Å². The van der Waals surface area contributed by atoms with Gasteiger partial charge in [-0.25, -0.2) is 9.97 Å². The Bertz CT molecular complexity index is 857. The van der Waals surface area contributed by atoms with E-state index in [1.807, 2.05) is 19.3 Å². The van der Waals surface area contributed by atoms with E-state index < -0.39 is 22.9 Å². The second-order valence-electron chi connectivity index (χ2n) is 8.57. The highest BCUT2D eigenvalue weighted by Crippen LogP contribution is 2.40. The van der Waals surface area contributed by atoms with Crippen LogP contribution in [0.4, 0.5) is 19.0 Å². The molecular formula is C20H27F3N4OS. The lowest BCUT2D eigenvalue weighted by Crippen LogP contribution is -2.45. The van der Waals surface area contributed by atoms with E-state index in [0.29, 0.717) is 36.3 Å². The summed E-state index contributed by atoms with van der Waals surface area (Å²) < 4.78 is 50.9. The monoisotopic (exact) mass is 428 g/mol. The van der Waals surface area contributed by atoms with Crippen molar-refractivity contribution in [3.05, 3.63) is 18.6 Å². The summed E-state index contributed by atoms with van der Waals surface area (Å²) in [5.41, 5.74) is 0.819. The Hall–Kier alpha value is -1.64. The van der Waals surface area contributed by atoms with E-state index in [0.717, 1.165) is 29.7 Å². The van der Waals surface area contributed by atoms with Crippen molar-refractivity contribution in [3.63, 3.8) is 0 Å². The molecule has 0 radical (unpaired) electrons. The molecule has 1 N–H and O–H groups in total. The molecule has 1 atom stereocenters. The molecule has 2 heterocycles. The molecule has 1 unspecified atom stereocenters. The summed E-state index contributed by atoms with van der Waals surface area (Å²) in [5.74, 6) is 1.55. The summed E-state index contributed by atoms with van der Waals surface area (Å²) in [4.78, 5) is 13.9. The van der Waals surface area contributed by atoms with Crippen molar-refractivity contribution in [1.29, 1.82) is 0 Å². The van der Waals surface area contributed by atoms with Crippen molar-refractivity contribution in [1.82, 2.24) is 15.0 Å². The summed E-state index contributed by atoms with van der Waals surface area (Å²) in [5, 5.41) is 0.997. The first kappa shape index (κ1) is 20.6. The maximum atomic E-state index is 12.8. The molecule has 2 fully saturated rings. The molecule has 9 heteroatoms. The zero-order valence-electron chi connectivity index (χ0n) is 16.5. The minimum absolute atomic E-state index is 0.177. The Morgan fingerprint density at radius 2 is 1.83 bits per heavy atom. The molecule has 0 aromatic carbocycles. The SMILES string of the molecule is CN(c1ncnc2[nH]ccc12)C1CC(CS(=O)CC2CCC(C(F)(F)F)CC2)C1. The number of aromatic amines is 1. The van der Waals surface area contributed by atoms with Crippen LogP contribution in [0.1, 0.15) is 38.5 Å². The van der Waals surface area contributed by atoms with Crippen LogP contribution in [0.2, 0.25) is 0 Å². The van der Waals surface area contributed by atoms with E-state index in [1.54, 1.807) is 6.33 Å². The summed E-state index contributed by atoms with van der Waals surface area (Å²) >= 11 is 0. The van der Waals surface area contributed by atoms with Gasteiger partial charge >= 0.3 is 6.18 Å². The van der Waals surface area contributed by atoms with Gasteiger partial charge in [0.2, 0.25) is 0 Å². The number of halogens is 3. The average molecular weight is 429 g/mol. The van der Waals surface area contributed by atoms with Crippen molar-refractivity contribution < 1.29 is 17.4 Å². The van der Waals surface area contributed by atoms with Gasteiger partial charge < -0.3 is 9.88 Å². The Morgan fingerprint density at radius 1 is 1.14 bits per heavy atom. The number of alkyl halides is 3. The van der Waals surface area contributed by atoms with Crippen molar-refractivity contribution in [2.24, 2.45) is 17.8 Å². The molecule has 0 saturated heterocycles. The van der Waals surface area contributed by atoms with Crippen molar-refractivity contribution in [3.8, 4) is 0 Å². The molecule has 160 valence electrons. The number of nitrogens with one attached hydrogen (secondary N) is 1. The van der Waals surface area contributed by atoms with Crippen LogP contribution in [-0.4, -0.2) is 49.9 Å². The molecule has 2 aliphatic rings. The van der Waals surface area contributed by atoms with Gasteiger partial charge in [0.25, 0.3) is 0 Å². The minimum Gasteiger partial charge on any atom is -0.356 e. The number of rotatable bonds is 6. The van der Waals surface area contributed by atoms with Crippen LogP contribution < -0.4 is 4.90 Å². The molecule has 2 aliphatic carbocycles. The molecule has 2 saturated carbocycles. The number of anilines is 1. The second kappa shape index (κ2) is 8.24. The molecule has 0 bridgehead atoms. The molecule has 0 spiro atoms. The normalized spacial score (nSPS) is 28.8. The van der Waals surface area contributed by atoms with Gasteiger partial charge in [-0.3, -0.25) is 4.21 Å². The second-order valence-corrected chi connectivity index (χ2v) is 10.1. The van der Waals surface area contributed by atoms with Gasteiger partial charge in [0, 0.05) is 41.6 Å². The van der Waals surface area contributed by atoms with Crippen molar-refractivity contribution in [2.75, 3.05) is 23.5 Å². The number of aromatic nitrogens is 3. The van der Waals surface area contributed by atoms with Crippen LogP contribution in [0.25, 0.3) is 11.0 Å². The molecular weight excluding hydrogens is 401 g/mol. The van der Waals surface area contributed by atoms with Gasteiger partial charge in [-0.15, -0.1) is 0 Å². The summed E-state index contributed by atoms with van der Waals surface area (Å²) in [6, 6.07) is 2.34. The first-order valence-corrected chi connectivity index (χ1v) is 11.7. The third-order valence-corrected chi connectivity index (χ3v) is 8.26. The largest absolute Gasteiger partial charge is 0.391 e. The van der Waals surface area contributed by atoms with Crippen molar-refractivity contribution in [2.45, 2.75) is 50.7 Å². The predicted molar refractivity (Wildman–Crippen MR) is 108 cm³/mol. The lowest BCUT2D eigenvalue weighted by molar-refractivity contribution is -0.183. The van der Waals surface area contributed by atoms with Gasteiger partial charge in [0.1, 0.15) is 17.8 Å². The maximum Gasteiger partial charge on any atom is 0.391 e. The predicted octanol–water partition coefficient (Wildman–Crippen LogP) is 4.29. The first-order valence-electron chi connectivity index (χ1n) is 10.2. The molecule has 5 nitrogen and oxygen atoms in total. The lowest BCUT2D eigenvalue weighted by atomic mass is 9.81. The average Bonchev–Trinajstić information content (AvgIpc) is 3.12. The Morgan fingerprint density at radius 3 is 2.52 bits per heavy atom. The van der Waals surface area contributed by atoms with E-state index in [-0.39, 0.29) is 18.8 Å². The van der Waals surface area contributed by atoms with Gasteiger partial charge in [-0.1, -0.05) is 0 Å². The highest BCUT2D eigenvalue weighted by Gasteiger charge is 2.41. The zero-order valence-corrected chi connectivity index (χ0v) is 17.3. The Kier molecular flexibility index (Phi) is 5.86. The van der Waals surface area contributed by atoms with Crippen LogP contribution in [0.3, 0.4) is 0 Å². The van der Waals surface area contributed by atoms with Crippen LogP contribution in [0.5, 0.6) is 0 Å². The summed E-state index contributed by atoms with van der Waals surface area (Å²) in [7, 11) is 1.09. The smallest absolute Gasteiger partial charge is 0.356 e. The topological polar surface area (TPSA) is 61.9 Å². The fourth-order valence-electron chi connectivity index (χ4n) is 4.72. The highest BCUT2D eigenvalue weighted by molar-refractivity contribution is 7.85. The van der Waals surface area contributed by atoms with E-state index in [2.05, 4.69) is 19.9 Å². The van der Waals surface area contributed by atoms with E-state index in [4.69, 9.17) is 0 Å². The van der Waals surface area contributed by atoms with E-state index in [9.17, 15) is 17.4 Å². The maximum absolute atomic E-state index is 12.8. The molecule has 0 amide bonds. The number of fused-ring (bicyclic) bond motifs is 1. The van der Waals surface area contributed by atoms with Gasteiger partial charge in [-0.05, 0) is 56.4 Å². The van der Waals surface area contributed by atoms with E-state index in [1.165, 1.54) is 0 Å². The lowest BCUT2D eigenvalue weighted by Gasteiger charge is -2.42. The minimum atomic E-state index is -4.08. The Balaban J connectivity index is 1.22. The standard InChI is InChI=1S/C20H27F3N4OS/c1-27(19-17-6-7-24-18(17)25-12-26-19)16-8-14(9-16)11-29(28)10-13-2-4-15(5-3-13)20(21,22)23/h6-7,12-16H,2-5,8-11H2,1H3,(H,24,25,26). The van der Waals surface area contributed by atoms with Gasteiger partial charge in [0.15, 0.2) is 0 Å². The van der Waals surface area contributed by atoms with Gasteiger partial charge in [0.05, 0.1) is 11.3 Å². The molecule has 4 rings (SSSR count). The first-order chi connectivity index (χ1) is 13.8. The Labute approximate surface area is 170 Å². The number of hydrogen-bond donors (Lipinski definition) is 1. The molecule has 29 heavy (non-hydrogen) atoms. The zero-order chi connectivity index (χ0) is 20.6. The fourth-order valence-corrected chi connectivity index (χ4v) is 6.51. The third kappa shape index (κ3) is 4.59. The van der Waals surface area contributed by atoms with Crippen molar-refractivity contribution >= 4 is 27.7 Å². The molecule has 2 aromatic heterocycles. The number of H-pyrrole nitrogens is 1. The van der Waals surface area contributed by atoms with Crippen LogP contribution in [0.15, 0.2) is 18.6 Å². The highest BCUT2D eigenvalue weighted by atomic mass is 32.2. The third-order valence-electron chi connectivity index (χ3n) is 6.58. The number of nitrogens with zero attached hydrogens (tertiary/aromatic N) is 3. The van der Waals surface area contributed by atoms with Gasteiger partial charge in [-0.2, -0.15) is 13.2 Å². The summed E-state index contributed by atoms with van der Waals surface area (Å²) in [6.07, 6.45) is 2.75.